The predicted octanol–water partition coefficient (Wildman–Crippen LogP) is 1.24. The summed E-state index contributed by atoms with van der Waals surface area (Å²) >= 11 is 0. The molecule has 5 heteroatoms. The molecule has 2 aromatic rings. The largest absolute Gasteiger partial charge is 0.287 e. The first-order valence-electron chi connectivity index (χ1n) is 4.18. The summed E-state index contributed by atoms with van der Waals surface area (Å²) in [4.78, 5) is 22.8. The van der Waals surface area contributed by atoms with Crippen LogP contribution in [0.3, 0.4) is 0 Å². The van der Waals surface area contributed by atoms with Crippen LogP contribution in [0.1, 0.15) is 16.1 Å². The molecule has 0 unspecified atom stereocenters. The molecule has 0 aromatic carbocycles. The normalized spacial score (nSPS) is 9.93. The van der Waals surface area contributed by atoms with Gasteiger partial charge in [0.15, 0.2) is 0 Å². The first-order valence-corrected chi connectivity index (χ1v) is 4.18. The molecule has 0 atom stereocenters. The molecular weight excluding hydrogens is 197 g/mol. The van der Waals surface area contributed by atoms with E-state index in [1.807, 2.05) is 0 Å². The van der Waals surface area contributed by atoms with Gasteiger partial charge in [-0.3, -0.25) is 4.79 Å². The molecule has 0 saturated heterocycles. The van der Waals surface area contributed by atoms with Gasteiger partial charge in [0.2, 0.25) is 5.78 Å². The summed E-state index contributed by atoms with van der Waals surface area (Å²) in [7, 11) is 0. The first-order chi connectivity index (χ1) is 7.27. The van der Waals surface area contributed by atoms with E-state index < -0.39 is 5.82 Å². The molecule has 2 rings (SSSR count). The van der Waals surface area contributed by atoms with Crippen molar-refractivity contribution in [2.45, 2.75) is 0 Å². The molecule has 4 nitrogen and oxygen atoms in total. The van der Waals surface area contributed by atoms with Crippen molar-refractivity contribution in [3.05, 3.63) is 54.1 Å². The monoisotopic (exact) mass is 203 g/mol. The van der Waals surface area contributed by atoms with E-state index in [0.29, 0.717) is 5.56 Å². The number of hydrogen-bond acceptors (Lipinski definition) is 4. The fourth-order valence-corrected chi connectivity index (χ4v) is 1.07. The zero-order valence-corrected chi connectivity index (χ0v) is 7.59. The summed E-state index contributed by atoms with van der Waals surface area (Å²) in [6, 6.07) is 2.51. The fraction of sp³-hybridized carbons (Fsp3) is 0. The Hall–Kier alpha value is -2.17. The molecule has 0 fully saturated rings. The summed E-state index contributed by atoms with van der Waals surface area (Å²) in [5.41, 5.74) is 0.503. The smallest absolute Gasteiger partial charge is 0.214 e. The van der Waals surface area contributed by atoms with Gasteiger partial charge in [-0.25, -0.2) is 19.3 Å². The Bertz CT molecular complexity index is 470. The molecule has 0 aliphatic rings. The molecule has 15 heavy (non-hydrogen) atoms. The van der Waals surface area contributed by atoms with E-state index >= 15 is 0 Å². The van der Waals surface area contributed by atoms with Gasteiger partial charge in [-0.2, -0.15) is 0 Å². The van der Waals surface area contributed by atoms with Crippen LogP contribution in [-0.4, -0.2) is 20.7 Å². The summed E-state index contributed by atoms with van der Waals surface area (Å²) in [6.07, 6.45) is 5.10. The van der Waals surface area contributed by atoms with Crippen molar-refractivity contribution >= 4 is 5.78 Å². The third-order valence-corrected chi connectivity index (χ3v) is 1.78. The number of carbonyl (C=O) groups excluding carboxylic acids is 1. The zero-order valence-electron chi connectivity index (χ0n) is 7.59. The second-order valence-electron chi connectivity index (χ2n) is 2.82. The average molecular weight is 203 g/mol. The van der Waals surface area contributed by atoms with Crippen molar-refractivity contribution in [2.75, 3.05) is 0 Å². The Balaban J connectivity index is 2.33. The Morgan fingerprint density at radius 2 is 1.87 bits per heavy atom. The van der Waals surface area contributed by atoms with E-state index in [2.05, 4.69) is 15.0 Å². The average Bonchev–Trinajstić information content (AvgIpc) is 2.30. The third kappa shape index (κ3) is 2.01. The second-order valence-corrected chi connectivity index (χ2v) is 2.82. The molecule has 0 spiro atoms. The minimum atomic E-state index is -0.476. The number of carbonyl (C=O) groups is 1. The lowest BCUT2D eigenvalue weighted by molar-refractivity contribution is 0.103. The summed E-state index contributed by atoms with van der Waals surface area (Å²) in [6.45, 7) is 0. The molecule has 2 heterocycles. The molecule has 74 valence electrons. The van der Waals surface area contributed by atoms with Crippen molar-refractivity contribution in [3.63, 3.8) is 0 Å². The van der Waals surface area contributed by atoms with Gasteiger partial charge in [0.05, 0.1) is 11.8 Å². The summed E-state index contributed by atoms with van der Waals surface area (Å²) < 4.78 is 12.6. The SMILES string of the molecule is O=C(c1cncnc1)c1ccc(F)cn1. The quantitative estimate of drug-likeness (QED) is 0.689. The van der Waals surface area contributed by atoms with Gasteiger partial charge in [0.1, 0.15) is 17.8 Å². The highest BCUT2D eigenvalue weighted by Gasteiger charge is 2.10. The maximum atomic E-state index is 12.6. The standard InChI is InChI=1S/C10H6FN3O/c11-8-1-2-9(14-5-8)10(15)7-3-12-6-13-4-7/h1-6H. The second kappa shape index (κ2) is 3.91. The van der Waals surface area contributed by atoms with Crippen molar-refractivity contribution in [1.82, 2.24) is 15.0 Å². The number of rotatable bonds is 2. The van der Waals surface area contributed by atoms with Crippen LogP contribution in [0.15, 0.2) is 37.1 Å². The fourth-order valence-electron chi connectivity index (χ4n) is 1.07. The van der Waals surface area contributed by atoms with Crippen LogP contribution in [0.2, 0.25) is 0 Å². The summed E-state index contributed by atoms with van der Waals surface area (Å²) in [5, 5.41) is 0. The summed E-state index contributed by atoms with van der Waals surface area (Å²) in [5.74, 6) is -0.800. The van der Waals surface area contributed by atoms with E-state index in [1.54, 1.807) is 0 Å². The van der Waals surface area contributed by atoms with Crippen LogP contribution in [0.25, 0.3) is 0 Å². The van der Waals surface area contributed by atoms with E-state index in [0.717, 1.165) is 6.20 Å². The highest BCUT2D eigenvalue weighted by atomic mass is 19.1. The van der Waals surface area contributed by atoms with E-state index in [9.17, 15) is 9.18 Å². The Kier molecular flexibility index (Phi) is 2.45. The number of halogens is 1. The van der Waals surface area contributed by atoms with E-state index in [1.165, 1.54) is 30.9 Å². The van der Waals surface area contributed by atoms with Gasteiger partial charge < -0.3 is 0 Å². The van der Waals surface area contributed by atoms with Gasteiger partial charge >= 0.3 is 0 Å². The van der Waals surface area contributed by atoms with Gasteiger partial charge in [0, 0.05) is 12.4 Å². The molecule has 0 saturated carbocycles. The number of hydrogen-bond donors (Lipinski definition) is 0. The Labute approximate surface area is 84.8 Å². The Morgan fingerprint density at radius 3 is 2.47 bits per heavy atom. The van der Waals surface area contributed by atoms with Gasteiger partial charge in [-0.15, -0.1) is 0 Å². The maximum Gasteiger partial charge on any atom is 0.214 e. The Morgan fingerprint density at radius 1 is 1.13 bits per heavy atom. The molecule has 0 aliphatic carbocycles. The zero-order chi connectivity index (χ0) is 10.7. The van der Waals surface area contributed by atoms with Crippen LogP contribution in [0.5, 0.6) is 0 Å². The third-order valence-electron chi connectivity index (χ3n) is 1.78. The lowest BCUT2D eigenvalue weighted by atomic mass is 10.1. The molecular formula is C10H6FN3O. The maximum absolute atomic E-state index is 12.6. The molecule has 0 aliphatic heterocycles. The van der Waals surface area contributed by atoms with Crippen molar-refractivity contribution < 1.29 is 9.18 Å². The van der Waals surface area contributed by atoms with Crippen LogP contribution in [0, 0.1) is 5.82 Å². The predicted molar refractivity (Wildman–Crippen MR) is 49.7 cm³/mol. The molecule has 0 radical (unpaired) electrons. The molecule has 2 aromatic heterocycles. The van der Waals surface area contributed by atoms with Crippen LogP contribution >= 0.6 is 0 Å². The van der Waals surface area contributed by atoms with Gasteiger partial charge in [-0.05, 0) is 12.1 Å². The molecule has 0 amide bonds. The number of nitrogens with zero attached hydrogens (tertiary/aromatic N) is 3. The van der Waals surface area contributed by atoms with Crippen LogP contribution in [0.4, 0.5) is 4.39 Å². The number of aromatic nitrogens is 3. The van der Waals surface area contributed by atoms with Gasteiger partial charge in [0.25, 0.3) is 0 Å². The van der Waals surface area contributed by atoms with Crippen molar-refractivity contribution in [1.29, 1.82) is 0 Å². The highest BCUT2D eigenvalue weighted by molar-refractivity contribution is 6.07. The van der Waals surface area contributed by atoms with Crippen molar-refractivity contribution in [3.8, 4) is 0 Å². The number of pyridine rings is 1. The van der Waals surface area contributed by atoms with Crippen LogP contribution < -0.4 is 0 Å². The topological polar surface area (TPSA) is 55.7 Å². The molecule has 0 bridgehead atoms. The van der Waals surface area contributed by atoms with Crippen molar-refractivity contribution in [2.24, 2.45) is 0 Å². The van der Waals surface area contributed by atoms with E-state index in [-0.39, 0.29) is 11.5 Å². The number of ketones is 1. The lowest BCUT2D eigenvalue weighted by Gasteiger charge is -1.98. The minimum Gasteiger partial charge on any atom is -0.287 e. The van der Waals surface area contributed by atoms with Crippen LogP contribution in [-0.2, 0) is 0 Å². The molecule has 0 N–H and O–H groups in total. The van der Waals surface area contributed by atoms with E-state index in [4.69, 9.17) is 0 Å². The first kappa shape index (κ1) is 9.39. The lowest BCUT2D eigenvalue weighted by Crippen LogP contribution is -2.04. The van der Waals surface area contributed by atoms with Gasteiger partial charge in [-0.1, -0.05) is 0 Å². The minimum absolute atomic E-state index is 0.172. The highest BCUT2D eigenvalue weighted by Crippen LogP contribution is 2.05.